The number of hydrogen-bond acceptors (Lipinski definition) is 3. The number of rotatable bonds is 3. The lowest BCUT2D eigenvalue weighted by molar-refractivity contribution is 0.138. The van der Waals surface area contributed by atoms with Crippen LogP contribution in [0.3, 0.4) is 0 Å². The molecule has 2 aliphatic rings. The molecule has 2 rings (SSSR count). The van der Waals surface area contributed by atoms with Gasteiger partial charge in [0, 0.05) is 18.6 Å². The number of nitrogens with two attached hydrogens (primary N) is 1. The standard InChI is InChI=1S/C14H28N2O2S/c1-12-6-3-4-8-14(12,15)10-13-7-5-9-16(11-13)19(2,17)18/h12-13H,3-11,15H2,1-2H3. The maximum atomic E-state index is 11.7. The van der Waals surface area contributed by atoms with Crippen molar-refractivity contribution < 1.29 is 8.42 Å². The topological polar surface area (TPSA) is 63.4 Å². The number of sulfonamides is 1. The monoisotopic (exact) mass is 288 g/mol. The van der Waals surface area contributed by atoms with Crippen molar-refractivity contribution in [3.05, 3.63) is 0 Å². The van der Waals surface area contributed by atoms with Crippen molar-refractivity contribution in [1.29, 1.82) is 0 Å². The molecule has 1 aliphatic carbocycles. The fraction of sp³-hybridized carbons (Fsp3) is 1.00. The molecule has 0 bridgehead atoms. The van der Waals surface area contributed by atoms with Crippen molar-refractivity contribution in [3.8, 4) is 0 Å². The van der Waals surface area contributed by atoms with E-state index in [-0.39, 0.29) is 5.54 Å². The minimum atomic E-state index is -3.04. The van der Waals surface area contributed by atoms with Crippen LogP contribution in [-0.2, 0) is 10.0 Å². The molecule has 2 N–H and O–H groups in total. The molecule has 0 spiro atoms. The van der Waals surface area contributed by atoms with Crippen LogP contribution < -0.4 is 5.73 Å². The van der Waals surface area contributed by atoms with E-state index in [4.69, 9.17) is 5.73 Å². The summed E-state index contributed by atoms with van der Waals surface area (Å²) < 4.78 is 25.0. The third-order valence-corrected chi connectivity index (χ3v) is 6.40. The first-order valence-electron chi connectivity index (χ1n) is 7.55. The van der Waals surface area contributed by atoms with Gasteiger partial charge in [-0.1, -0.05) is 19.8 Å². The first-order chi connectivity index (χ1) is 8.81. The highest BCUT2D eigenvalue weighted by atomic mass is 32.2. The molecule has 0 amide bonds. The molecule has 0 radical (unpaired) electrons. The molecule has 0 aromatic heterocycles. The van der Waals surface area contributed by atoms with Crippen LogP contribution in [0.5, 0.6) is 0 Å². The van der Waals surface area contributed by atoms with E-state index in [1.807, 2.05) is 0 Å². The predicted octanol–water partition coefficient (Wildman–Crippen LogP) is 1.96. The first-order valence-corrected chi connectivity index (χ1v) is 9.40. The second kappa shape index (κ2) is 5.70. The minimum absolute atomic E-state index is 0.0660. The van der Waals surface area contributed by atoms with E-state index in [0.717, 1.165) is 25.7 Å². The summed E-state index contributed by atoms with van der Waals surface area (Å²) in [5.74, 6) is 1.00. The summed E-state index contributed by atoms with van der Waals surface area (Å²) in [7, 11) is -3.04. The summed E-state index contributed by atoms with van der Waals surface area (Å²) in [5.41, 5.74) is 6.55. The maximum absolute atomic E-state index is 11.7. The lowest BCUT2D eigenvalue weighted by Crippen LogP contribution is -2.51. The zero-order valence-electron chi connectivity index (χ0n) is 12.3. The Morgan fingerprint density at radius 2 is 2.00 bits per heavy atom. The van der Waals surface area contributed by atoms with Gasteiger partial charge in [0.05, 0.1) is 6.26 Å². The highest BCUT2D eigenvalue weighted by Crippen LogP contribution is 2.38. The predicted molar refractivity (Wildman–Crippen MR) is 78.3 cm³/mol. The molecule has 3 unspecified atom stereocenters. The fourth-order valence-corrected chi connectivity index (χ4v) is 4.72. The van der Waals surface area contributed by atoms with Gasteiger partial charge < -0.3 is 5.73 Å². The molecular formula is C14H28N2O2S. The van der Waals surface area contributed by atoms with Crippen molar-refractivity contribution in [3.63, 3.8) is 0 Å². The van der Waals surface area contributed by atoms with Crippen LogP contribution in [0, 0.1) is 11.8 Å². The van der Waals surface area contributed by atoms with Gasteiger partial charge in [-0.25, -0.2) is 12.7 Å². The summed E-state index contributed by atoms with van der Waals surface area (Å²) in [6.07, 6.45) is 9.24. The third kappa shape index (κ3) is 3.70. The zero-order valence-corrected chi connectivity index (χ0v) is 13.1. The molecule has 0 aromatic carbocycles. The van der Waals surface area contributed by atoms with Crippen molar-refractivity contribution in [2.45, 2.75) is 57.4 Å². The van der Waals surface area contributed by atoms with Gasteiger partial charge in [-0.15, -0.1) is 0 Å². The van der Waals surface area contributed by atoms with Gasteiger partial charge in [0.1, 0.15) is 0 Å². The van der Waals surface area contributed by atoms with E-state index in [1.165, 1.54) is 25.5 Å². The Kier molecular flexibility index (Phi) is 4.58. The first kappa shape index (κ1) is 15.3. The van der Waals surface area contributed by atoms with Crippen molar-refractivity contribution >= 4 is 10.0 Å². The SMILES string of the molecule is CC1CCCCC1(N)CC1CCCN(S(C)(=O)=O)C1. The Bertz CT molecular complexity index is 410. The zero-order chi connectivity index (χ0) is 14.1. The van der Waals surface area contributed by atoms with Crippen LogP contribution >= 0.6 is 0 Å². The van der Waals surface area contributed by atoms with Crippen LogP contribution in [-0.4, -0.2) is 37.6 Å². The molecule has 2 fully saturated rings. The molecule has 1 saturated carbocycles. The van der Waals surface area contributed by atoms with Gasteiger partial charge in [-0.05, 0) is 43.9 Å². The molecule has 1 saturated heterocycles. The van der Waals surface area contributed by atoms with Crippen molar-refractivity contribution in [1.82, 2.24) is 4.31 Å². The Morgan fingerprint density at radius 1 is 1.26 bits per heavy atom. The van der Waals surface area contributed by atoms with E-state index in [2.05, 4.69) is 6.92 Å². The maximum Gasteiger partial charge on any atom is 0.211 e. The van der Waals surface area contributed by atoms with Crippen LogP contribution in [0.25, 0.3) is 0 Å². The number of hydrogen-bond donors (Lipinski definition) is 1. The Labute approximate surface area is 117 Å². The molecule has 1 aliphatic heterocycles. The molecular weight excluding hydrogens is 260 g/mol. The van der Waals surface area contributed by atoms with E-state index in [0.29, 0.717) is 24.9 Å². The normalized spacial score (nSPS) is 38.3. The molecule has 1 heterocycles. The van der Waals surface area contributed by atoms with E-state index < -0.39 is 10.0 Å². The molecule has 4 nitrogen and oxygen atoms in total. The Morgan fingerprint density at radius 3 is 2.63 bits per heavy atom. The number of piperidine rings is 1. The summed E-state index contributed by atoms with van der Waals surface area (Å²) in [6, 6.07) is 0. The van der Waals surface area contributed by atoms with Crippen LogP contribution in [0.15, 0.2) is 0 Å². The summed E-state index contributed by atoms with van der Waals surface area (Å²) >= 11 is 0. The largest absolute Gasteiger partial charge is 0.325 e. The number of nitrogens with zero attached hydrogens (tertiary/aromatic N) is 1. The highest BCUT2D eigenvalue weighted by molar-refractivity contribution is 7.88. The van der Waals surface area contributed by atoms with E-state index in [1.54, 1.807) is 4.31 Å². The van der Waals surface area contributed by atoms with Crippen molar-refractivity contribution in [2.24, 2.45) is 17.6 Å². The average Bonchev–Trinajstić information content (AvgIpc) is 2.32. The lowest BCUT2D eigenvalue weighted by atomic mass is 9.69. The lowest BCUT2D eigenvalue weighted by Gasteiger charge is -2.43. The molecule has 3 atom stereocenters. The smallest absolute Gasteiger partial charge is 0.211 e. The van der Waals surface area contributed by atoms with E-state index >= 15 is 0 Å². The molecule has 112 valence electrons. The summed E-state index contributed by atoms with van der Waals surface area (Å²) in [4.78, 5) is 0. The van der Waals surface area contributed by atoms with Gasteiger partial charge in [-0.2, -0.15) is 0 Å². The van der Waals surface area contributed by atoms with Gasteiger partial charge >= 0.3 is 0 Å². The fourth-order valence-electron chi connectivity index (χ4n) is 3.77. The highest BCUT2D eigenvalue weighted by Gasteiger charge is 2.38. The van der Waals surface area contributed by atoms with Crippen LogP contribution in [0.2, 0.25) is 0 Å². The average molecular weight is 288 g/mol. The second-order valence-electron chi connectivity index (χ2n) is 6.71. The molecule has 5 heteroatoms. The minimum Gasteiger partial charge on any atom is -0.325 e. The quantitative estimate of drug-likeness (QED) is 0.863. The van der Waals surface area contributed by atoms with Gasteiger partial charge in [-0.3, -0.25) is 0 Å². The van der Waals surface area contributed by atoms with Crippen LogP contribution in [0.1, 0.15) is 51.9 Å². The molecule has 0 aromatic rings. The second-order valence-corrected chi connectivity index (χ2v) is 8.70. The van der Waals surface area contributed by atoms with E-state index in [9.17, 15) is 8.42 Å². The summed E-state index contributed by atoms with van der Waals surface area (Å²) in [6.45, 7) is 3.61. The Hall–Kier alpha value is -0.130. The van der Waals surface area contributed by atoms with Gasteiger partial charge in [0.2, 0.25) is 10.0 Å². The third-order valence-electron chi connectivity index (χ3n) is 5.13. The Balaban J connectivity index is 1.98. The molecule has 19 heavy (non-hydrogen) atoms. The summed E-state index contributed by atoms with van der Waals surface area (Å²) in [5, 5.41) is 0. The van der Waals surface area contributed by atoms with Gasteiger partial charge in [0.25, 0.3) is 0 Å². The van der Waals surface area contributed by atoms with Crippen molar-refractivity contribution in [2.75, 3.05) is 19.3 Å². The van der Waals surface area contributed by atoms with Gasteiger partial charge in [0.15, 0.2) is 0 Å². The van der Waals surface area contributed by atoms with Crippen LogP contribution in [0.4, 0.5) is 0 Å².